The number of nitrogens with zero attached hydrogens (tertiary/aromatic N) is 1. The average molecular weight is 347 g/mol. The fourth-order valence-corrected chi connectivity index (χ4v) is 5.88. The molecule has 0 unspecified atom stereocenters. The standard InChI is InChI=1S/C18H19ClN2OS/c19-15-10-12-1-2-13(9-14(12)23-15)17(22)20-16-11-3-7-21(8-4-11)18(16)5-6-18/h1-2,9-11,16H,3-8H2,(H,20,22)/t16-/m0/s1. The zero-order chi connectivity index (χ0) is 15.6. The van der Waals surface area contributed by atoms with Crippen molar-refractivity contribution in [2.45, 2.75) is 37.3 Å². The number of hydrogen-bond acceptors (Lipinski definition) is 3. The minimum Gasteiger partial charge on any atom is -0.347 e. The molecule has 120 valence electrons. The third-order valence-corrected chi connectivity index (χ3v) is 7.25. The van der Waals surface area contributed by atoms with E-state index >= 15 is 0 Å². The molecule has 23 heavy (non-hydrogen) atoms. The van der Waals surface area contributed by atoms with E-state index in [1.807, 2.05) is 24.3 Å². The molecule has 1 saturated carbocycles. The summed E-state index contributed by atoms with van der Waals surface area (Å²) in [5.74, 6) is 0.729. The van der Waals surface area contributed by atoms with Crippen molar-refractivity contribution in [3.05, 3.63) is 34.2 Å². The molecule has 2 aromatic rings. The number of halogens is 1. The van der Waals surface area contributed by atoms with Crippen molar-refractivity contribution in [2.75, 3.05) is 13.1 Å². The number of amides is 1. The highest BCUT2D eigenvalue weighted by atomic mass is 35.5. The predicted molar refractivity (Wildman–Crippen MR) is 94.4 cm³/mol. The van der Waals surface area contributed by atoms with Crippen LogP contribution in [0.2, 0.25) is 4.34 Å². The Morgan fingerprint density at radius 3 is 2.78 bits per heavy atom. The highest BCUT2D eigenvalue weighted by molar-refractivity contribution is 7.22. The van der Waals surface area contributed by atoms with E-state index in [-0.39, 0.29) is 11.4 Å². The van der Waals surface area contributed by atoms with Gasteiger partial charge in [0.05, 0.1) is 10.4 Å². The highest BCUT2D eigenvalue weighted by Crippen LogP contribution is 2.53. The Labute approximate surface area is 144 Å². The molecule has 2 bridgehead atoms. The molecule has 1 amide bonds. The third-order valence-electron chi connectivity index (χ3n) is 6.02. The van der Waals surface area contributed by atoms with E-state index in [1.165, 1.54) is 50.1 Å². The number of rotatable bonds is 2. The lowest BCUT2D eigenvalue weighted by Gasteiger charge is -2.52. The molecule has 3 saturated heterocycles. The summed E-state index contributed by atoms with van der Waals surface area (Å²) >= 11 is 7.60. The smallest absolute Gasteiger partial charge is 0.251 e. The van der Waals surface area contributed by atoms with E-state index in [4.69, 9.17) is 11.6 Å². The van der Waals surface area contributed by atoms with Gasteiger partial charge >= 0.3 is 0 Å². The Morgan fingerprint density at radius 2 is 2.04 bits per heavy atom. The molecule has 1 aromatic carbocycles. The van der Waals surface area contributed by atoms with Gasteiger partial charge in [-0.3, -0.25) is 9.69 Å². The van der Waals surface area contributed by atoms with Crippen molar-refractivity contribution < 1.29 is 4.79 Å². The van der Waals surface area contributed by atoms with E-state index in [9.17, 15) is 4.79 Å². The number of thiophene rings is 1. The lowest BCUT2D eigenvalue weighted by molar-refractivity contribution is -0.00144. The molecule has 5 heteroatoms. The molecule has 0 radical (unpaired) electrons. The summed E-state index contributed by atoms with van der Waals surface area (Å²) in [5, 5.41) is 4.49. The van der Waals surface area contributed by atoms with Crippen LogP contribution in [-0.2, 0) is 0 Å². The van der Waals surface area contributed by atoms with Gasteiger partial charge in [0, 0.05) is 15.8 Å². The first-order valence-corrected chi connectivity index (χ1v) is 9.60. The predicted octanol–water partition coefficient (Wildman–Crippen LogP) is 3.91. The first-order valence-electron chi connectivity index (χ1n) is 8.41. The van der Waals surface area contributed by atoms with E-state index in [0.29, 0.717) is 12.0 Å². The van der Waals surface area contributed by atoms with Crippen LogP contribution in [-0.4, -0.2) is 35.5 Å². The SMILES string of the molecule is O=C(N[C@H]1C2CCN(CC2)C12CC2)c1ccc2cc(Cl)sc2c1. The lowest BCUT2D eigenvalue weighted by Crippen LogP contribution is -2.65. The molecule has 6 rings (SSSR count). The summed E-state index contributed by atoms with van der Waals surface area (Å²) in [5.41, 5.74) is 1.04. The Kier molecular flexibility index (Phi) is 3.07. The molecule has 1 atom stereocenters. The maximum Gasteiger partial charge on any atom is 0.251 e. The van der Waals surface area contributed by atoms with Gasteiger partial charge in [0.25, 0.3) is 5.91 Å². The summed E-state index contributed by atoms with van der Waals surface area (Å²) in [7, 11) is 0. The average Bonchev–Trinajstić information content (AvgIpc) is 3.24. The van der Waals surface area contributed by atoms with E-state index in [1.54, 1.807) is 0 Å². The molecule has 4 fully saturated rings. The van der Waals surface area contributed by atoms with Crippen molar-refractivity contribution >= 4 is 38.9 Å². The van der Waals surface area contributed by atoms with Gasteiger partial charge in [0.15, 0.2) is 0 Å². The monoisotopic (exact) mass is 346 g/mol. The van der Waals surface area contributed by atoms with Crippen molar-refractivity contribution in [2.24, 2.45) is 5.92 Å². The largest absolute Gasteiger partial charge is 0.347 e. The molecule has 3 nitrogen and oxygen atoms in total. The van der Waals surface area contributed by atoms with Crippen LogP contribution in [0.25, 0.3) is 10.1 Å². The number of carbonyl (C=O) groups is 1. The fourth-order valence-electron chi connectivity index (χ4n) is 4.69. The molecule has 1 aliphatic carbocycles. The number of hydrogen-bond donors (Lipinski definition) is 1. The van der Waals surface area contributed by atoms with Crippen LogP contribution < -0.4 is 5.32 Å². The summed E-state index contributed by atoms with van der Waals surface area (Å²) in [6.07, 6.45) is 4.94. The zero-order valence-corrected chi connectivity index (χ0v) is 14.4. The highest BCUT2D eigenvalue weighted by Gasteiger charge is 2.60. The zero-order valence-electron chi connectivity index (χ0n) is 12.8. The van der Waals surface area contributed by atoms with Crippen molar-refractivity contribution in [3.8, 4) is 0 Å². The molecule has 1 spiro atoms. The number of piperidine rings is 3. The van der Waals surface area contributed by atoms with Crippen LogP contribution in [0.4, 0.5) is 0 Å². The van der Waals surface area contributed by atoms with Gasteiger partial charge in [0.1, 0.15) is 0 Å². The summed E-state index contributed by atoms with van der Waals surface area (Å²) < 4.78 is 1.85. The van der Waals surface area contributed by atoms with Crippen molar-refractivity contribution in [3.63, 3.8) is 0 Å². The van der Waals surface area contributed by atoms with Gasteiger partial charge in [-0.25, -0.2) is 0 Å². The Hall–Kier alpha value is -1.10. The van der Waals surface area contributed by atoms with Gasteiger partial charge in [0.2, 0.25) is 0 Å². The Bertz CT molecular complexity index is 789. The molecular weight excluding hydrogens is 328 g/mol. The van der Waals surface area contributed by atoms with Crippen molar-refractivity contribution in [1.29, 1.82) is 0 Å². The quantitative estimate of drug-likeness (QED) is 0.894. The first-order chi connectivity index (χ1) is 11.2. The second kappa shape index (κ2) is 4.95. The summed E-state index contributed by atoms with van der Waals surface area (Å²) in [4.78, 5) is 15.4. The first kappa shape index (κ1) is 14.3. The third kappa shape index (κ3) is 2.15. The van der Waals surface area contributed by atoms with Gasteiger partial charge in [-0.05, 0) is 68.3 Å². The molecule has 1 aromatic heterocycles. The number of carbonyl (C=O) groups excluding carboxylic acids is 1. The summed E-state index contributed by atoms with van der Waals surface area (Å²) in [6.45, 7) is 2.44. The van der Waals surface area contributed by atoms with Gasteiger partial charge < -0.3 is 5.32 Å². The number of fused-ring (bicyclic) bond motifs is 3. The van der Waals surface area contributed by atoms with Crippen LogP contribution in [0.15, 0.2) is 24.3 Å². The van der Waals surface area contributed by atoms with Crippen LogP contribution in [0, 0.1) is 5.92 Å². The van der Waals surface area contributed by atoms with Crippen LogP contribution in [0.5, 0.6) is 0 Å². The van der Waals surface area contributed by atoms with Crippen LogP contribution in [0.1, 0.15) is 36.0 Å². The van der Waals surface area contributed by atoms with Crippen molar-refractivity contribution in [1.82, 2.24) is 10.2 Å². The lowest BCUT2D eigenvalue weighted by atomic mass is 9.77. The molecular formula is C18H19ClN2OS. The minimum absolute atomic E-state index is 0.0708. The Balaban J connectivity index is 1.42. The second-order valence-corrected chi connectivity index (χ2v) is 8.90. The fraction of sp³-hybridized carbons (Fsp3) is 0.500. The molecule has 3 aliphatic heterocycles. The maximum atomic E-state index is 12.8. The minimum atomic E-state index is 0.0708. The normalized spacial score (nSPS) is 30.7. The van der Waals surface area contributed by atoms with Gasteiger partial charge in [-0.2, -0.15) is 0 Å². The van der Waals surface area contributed by atoms with Crippen LogP contribution in [0.3, 0.4) is 0 Å². The van der Waals surface area contributed by atoms with Crippen LogP contribution >= 0.6 is 22.9 Å². The van der Waals surface area contributed by atoms with E-state index in [2.05, 4.69) is 10.2 Å². The van der Waals surface area contributed by atoms with Gasteiger partial charge in [-0.1, -0.05) is 17.7 Å². The van der Waals surface area contributed by atoms with Gasteiger partial charge in [-0.15, -0.1) is 11.3 Å². The Morgan fingerprint density at radius 1 is 1.26 bits per heavy atom. The molecule has 4 aliphatic rings. The topological polar surface area (TPSA) is 32.3 Å². The van der Waals surface area contributed by atoms with E-state index in [0.717, 1.165) is 20.0 Å². The summed E-state index contributed by atoms with van der Waals surface area (Å²) in [6, 6.07) is 8.18. The molecule has 4 heterocycles. The number of nitrogens with one attached hydrogen (secondary N) is 1. The maximum absolute atomic E-state index is 12.8. The molecule has 1 N–H and O–H groups in total. The number of benzene rings is 1. The second-order valence-electron chi connectivity index (χ2n) is 7.18. The van der Waals surface area contributed by atoms with E-state index < -0.39 is 0 Å².